The number of rotatable bonds is 6. The fraction of sp³-hybridized carbons (Fsp3) is 0.0303. The minimum absolute atomic E-state index is 0.354. The Morgan fingerprint density at radius 3 is 2.48 bits per heavy atom. The minimum Gasteiger partial charge on any atom is -0.465 e. The van der Waals surface area contributed by atoms with Crippen molar-refractivity contribution in [2.75, 3.05) is 7.11 Å². The smallest absolute Gasteiger partial charge is 0.337 e. The average Bonchev–Trinajstić information content (AvgIpc) is 3.59. The standard InChI is InChI=1S/C33H19Cl2FN2O2S2/c1-40-33(39)21-5-11-25(28(35)16-21)19-3-2-4-20(15-19)32-31(26-13-14-41-30(26)18-37)27-17-23(36)8-12-29(27)38(32)42-24-9-6-22(34)7-10-24/h2-17H,1H3. The van der Waals surface area contributed by atoms with Gasteiger partial charge in [-0.1, -0.05) is 47.5 Å². The summed E-state index contributed by atoms with van der Waals surface area (Å²) >= 11 is 15.6. The second-order valence-electron chi connectivity index (χ2n) is 9.27. The van der Waals surface area contributed by atoms with Gasteiger partial charge in [-0.05, 0) is 89.6 Å². The number of halogens is 3. The maximum Gasteiger partial charge on any atom is 0.337 e. The SMILES string of the molecule is COC(=O)c1ccc(-c2cccc(-c3c(-c4ccsc4C#N)c4cc(F)ccc4n3Sc3ccc(Cl)cc3)c2)c(Cl)c1. The lowest BCUT2D eigenvalue weighted by Gasteiger charge is -2.14. The molecule has 0 aliphatic rings. The van der Waals surface area contributed by atoms with E-state index in [-0.39, 0.29) is 5.82 Å². The molecule has 0 N–H and O–H groups in total. The molecule has 4 aromatic carbocycles. The van der Waals surface area contributed by atoms with Gasteiger partial charge in [-0.25, -0.2) is 9.18 Å². The Kier molecular flexibility index (Phi) is 7.80. The molecule has 42 heavy (non-hydrogen) atoms. The van der Waals surface area contributed by atoms with Crippen molar-refractivity contribution in [2.24, 2.45) is 0 Å². The number of nitrogens with zero attached hydrogens (tertiary/aromatic N) is 2. The van der Waals surface area contributed by atoms with Crippen LogP contribution in [0, 0.1) is 17.1 Å². The van der Waals surface area contributed by atoms with E-state index >= 15 is 0 Å². The van der Waals surface area contributed by atoms with Crippen LogP contribution in [-0.4, -0.2) is 17.1 Å². The Hall–Kier alpha value is -4.06. The van der Waals surface area contributed by atoms with Crippen molar-refractivity contribution in [3.8, 4) is 39.6 Å². The zero-order valence-electron chi connectivity index (χ0n) is 21.9. The molecule has 0 atom stereocenters. The van der Waals surface area contributed by atoms with Crippen LogP contribution < -0.4 is 0 Å². The molecule has 2 aromatic heterocycles. The van der Waals surface area contributed by atoms with Crippen molar-refractivity contribution < 1.29 is 13.9 Å². The molecule has 9 heteroatoms. The molecule has 0 radical (unpaired) electrons. The summed E-state index contributed by atoms with van der Waals surface area (Å²) in [6.45, 7) is 0. The van der Waals surface area contributed by atoms with Crippen molar-refractivity contribution in [3.63, 3.8) is 0 Å². The monoisotopic (exact) mass is 628 g/mol. The van der Waals surface area contributed by atoms with Crippen molar-refractivity contribution in [2.45, 2.75) is 4.90 Å². The third kappa shape index (κ3) is 5.19. The topological polar surface area (TPSA) is 55.0 Å². The highest BCUT2D eigenvalue weighted by Crippen LogP contribution is 2.47. The quantitative estimate of drug-likeness (QED) is 0.172. The van der Waals surface area contributed by atoms with Crippen LogP contribution in [0.1, 0.15) is 15.2 Å². The molecule has 6 aromatic rings. The molecule has 0 aliphatic carbocycles. The molecule has 6 rings (SSSR count). The van der Waals surface area contributed by atoms with Crippen LogP contribution in [0.3, 0.4) is 0 Å². The first-order valence-electron chi connectivity index (χ1n) is 12.6. The summed E-state index contributed by atoms with van der Waals surface area (Å²) in [6, 6.07) is 29.3. The number of ether oxygens (including phenoxy) is 1. The van der Waals surface area contributed by atoms with Crippen LogP contribution in [-0.2, 0) is 4.74 Å². The molecular formula is C33H19Cl2FN2O2S2. The summed E-state index contributed by atoms with van der Waals surface area (Å²) < 4.78 is 21.7. The Morgan fingerprint density at radius 2 is 1.74 bits per heavy atom. The molecule has 0 aliphatic heterocycles. The van der Waals surface area contributed by atoms with E-state index in [1.54, 1.807) is 24.3 Å². The molecule has 0 saturated heterocycles. The second-order valence-corrected chi connectivity index (χ2v) is 12.0. The van der Waals surface area contributed by atoms with Crippen LogP contribution in [0.15, 0.2) is 101 Å². The number of aromatic nitrogens is 1. The normalized spacial score (nSPS) is 11.0. The van der Waals surface area contributed by atoms with Gasteiger partial charge >= 0.3 is 5.97 Å². The summed E-state index contributed by atoms with van der Waals surface area (Å²) in [5.41, 5.74) is 5.83. The van der Waals surface area contributed by atoms with Crippen molar-refractivity contribution in [1.29, 1.82) is 5.26 Å². The van der Waals surface area contributed by atoms with Gasteiger partial charge in [-0.15, -0.1) is 11.3 Å². The van der Waals surface area contributed by atoms with Gasteiger partial charge in [0.1, 0.15) is 16.8 Å². The lowest BCUT2D eigenvalue weighted by molar-refractivity contribution is 0.0600. The Labute approximate surface area is 259 Å². The Bertz CT molecular complexity index is 2030. The number of carbonyl (C=O) groups excluding carboxylic acids is 1. The van der Waals surface area contributed by atoms with Gasteiger partial charge in [-0.3, -0.25) is 3.97 Å². The number of methoxy groups -OCH3 is 1. The van der Waals surface area contributed by atoms with E-state index in [0.29, 0.717) is 25.9 Å². The Morgan fingerprint density at radius 1 is 0.952 bits per heavy atom. The number of thiophene rings is 1. The fourth-order valence-corrected chi connectivity index (χ4v) is 7.01. The van der Waals surface area contributed by atoms with Crippen molar-refractivity contribution >= 4 is 63.4 Å². The molecule has 0 fully saturated rings. The average molecular weight is 630 g/mol. The molecular weight excluding hydrogens is 610 g/mol. The van der Waals surface area contributed by atoms with Crippen LogP contribution >= 0.6 is 46.5 Å². The lowest BCUT2D eigenvalue weighted by Crippen LogP contribution is -2.00. The largest absolute Gasteiger partial charge is 0.465 e. The van der Waals surface area contributed by atoms with Gasteiger partial charge in [0.25, 0.3) is 0 Å². The van der Waals surface area contributed by atoms with Crippen LogP contribution in [0.5, 0.6) is 0 Å². The first-order valence-corrected chi connectivity index (χ1v) is 15.0. The van der Waals surface area contributed by atoms with Gasteiger partial charge in [0.2, 0.25) is 0 Å². The van der Waals surface area contributed by atoms with Gasteiger partial charge < -0.3 is 4.74 Å². The van der Waals surface area contributed by atoms with Crippen LogP contribution in [0.4, 0.5) is 4.39 Å². The predicted molar refractivity (Wildman–Crippen MR) is 170 cm³/mol. The van der Waals surface area contributed by atoms with E-state index in [0.717, 1.165) is 43.9 Å². The molecule has 4 nitrogen and oxygen atoms in total. The molecule has 0 amide bonds. The molecule has 0 bridgehead atoms. The number of benzene rings is 4. The van der Waals surface area contributed by atoms with Crippen molar-refractivity contribution in [1.82, 2.24) is 3.97 Å². The summed E-state index contributed by atoms with van der Waals surface area (Å²) in [5, 5.41) is 13.5. The van der Waals surface area contributed by atoms with Crippen LogP contribution in [0.2, 0.25) is 10.0 Å². The summed E-state index contributed by atoms with van der Waals surface area (Å²) in [6.07, 6.45) is 0. The zero-order valence-corrected chi connectivity index (χ0v) is 25.0. The first kappa shape index (κ1) is 28.1. The van der Waals surface area contributed by atoms with Gasteiger partial charge in [0, 0.05) is 42.6 Å². The lowest BCUT2D eigenvalue weighted by atomic mass is 9.96. The highest BCUT2D eigenvalue weighted by atomic mass is 35.5. The van der Waals surface area contributed by atoms with Gasteiger partial charge in [0.15, 0.2) is 0 Å². The Balaban J connectivity index is 1.62. The van der Waals surface area contributed by atoms with Crippen molar-refractivity contribution in [3.05, 3.63) is 123 Å². The first-order chi connectivity index (χ1) is 20.4. The molecule has 0 spiro atoms. The second kappa shape index (κ2) is 11.7. The number of carbonyl (C=O) groups is 1. The van der Waals surface area contributed by atoms with E-state index in [4.69, 9.17) is 27.9 Å². The molecule has 0 unspecified atom stereocenters. The van der Waals surface area contributed by atoms with Crippen LogP contribution in [0.25, 0.3) is 44.4 Å². The number of hydrogen-bond acceptors (Lipinski definition) is 5. The van der Waals surface area contributed by atoms with E-state index in [1.165, 1.54) is 42.5 Å². The molecule has 0 saturated carbocycles. The summed E-state index contributed by atoms with van der Waals surface area (Å²) in [7, 11) is 1.32. The third-order valence-corrected chi connectivity index (χ3v) is 9.20. The summed E-state index contributed by atoms with van der Waals surface area (Å²) in [4.78, 5) is 13.5. The maximum atomic E-state index is 14.8. The van der Waals surface area contributed by atoms with Gasteiger partial charge in [-0.2, -0.15) is 5.26 Å². The summed E-state index contributed by atoms with van der Waals surface area (Å²) in [5.74, 6) is -0.842. The zero-order chi connectivity index (χ0) is 29.4. The number of fused-ring (bicyclic) bond motifs is 1. The third-order valence-electron chi connectivity index (χ3n) is 6.77. The molecule has 2 heterocycles. The van der Waals surface area contributed by atoms with Gasteiger partial charge in [0.05, 0.1) is 23.9 Å². The van der Waals surface area contributed by atoms with E-state index in [9.17, 15) is 14.4 Å². The predicted octanol–water partition coefficient (Wildman–Crippen LogP) is 10.4. The fourth-order valence-electron chi connectivity index (χ4n) is 4.89. The van der Waals surface area contributed by atoms with E-state index < -0.39 is 5.97 Å². The number of esters is 1. The molecule has 206 valence electrons. The number of hydrogen-bond donors (Lipinski definition) is 0. The number of nitriles is 1. The minimum atomic E-state index is -0.470. The maximum absolute atomic E-state index is 14.8. The highest BCUT2D eigenvalue weighted by Gasteiger charge is 2.24. The van der Waals surface area contributed by atoms with E-state index in [1.807, 2.05) is 60.0 Å². The van der Waals surface area contributed by atoms with E-state index in [2.05, 4.69) is 10.0 Å². The highest BCUT2D eigenvalue weighted by molar-refractivity contribution is 7.98.